The van der Waals surface area contributed by atoms with Gasteiger partial charge in [0.1, 0.15) is 0 Å². The second-order valence-corrected chi connectivity index (χ2v) is 6.57. The fourth-order valence-corrected chi connectivity index (χ4v) is 2.95. The van der Waals surface area contributed by atoms with Crippen molar-refractivity contribution in [2.24, 2.45) is 0 Å². The zero-order valence-electron chi connectivity index (χ0n) is 13.2. The number of aryl methyl sites for hydroxylation is 2. The van der Waals surface area contributed by atoms with E-state index in [1.165, 1.54) is 43.4 Å². The lowest BCUT2D eigenvalue weighted by molar-refractivity contribution is -0.0273. The Kier molecular flexibility index (Phi) is 5.28. The number of nitrogens with zero attached hydrogens (tertiary/aromatic N) is 1. The van der Waals surface area contributed by atoms with E-state index in [-0.39, 0.29) is 0 Å². The molecule has 0 bridgehead atoms. The van der Waals surface area contributed by atoms with E-state index in [2.05, 4.69) is 41.4 Å². The van der Waals surface area contributed by atoms with Crippen molar-refractivity contribution < 1.29 is 4.74 Å². The molecule has 0 amide bonds. The van der Waals surface area contributed by atoms with Gasteiger partial charge in [-0.3, -0.25) is 4.90 Å². The van der Waals surface area contributed by atoms with Crippen LogP contribution in [0.4, 0.5) is 0 Å². The fourth-order valence-electron chi connectivity index (χ4n) is 2.95. The van der Waals surface area contributed by atoms with Crippen LogP contribution in [0.5, 0.6) is 0 Å². The average molecular weight is 288 g/mol. The van der Waals surface area contributed by atoms with Crippen molar-refractivity contribution in [3.63, 3.8) is 0 Å². The maximum atomic E-state index is 5.86. The number of benzene rings is 1. The quantitative estimate of drug-likeness (QED) is 0.834. The highest BCUT2D eigenvalue weighted by Crippen LogP contribution is 2.19. The summed E-state index contributed by atoms with van der Waals surface area (Å²) in [5, 5.41) is 3.58. The minimum Gasteiger partial charge on any atom is -0.374 e. The number of hydrogen-bond donors (Lipinski definition) is 1. The summed E-state index contributed by atoms with van der Waals surface area (Å²) in [7, 11) is 0. The van der Waals surface area contributed by atoms with Crippen molar-refractivity contribution in [1.82, 2.24) is 10.2 Å². The van der Waals surface area contributed by atoms with Crippen molar-refractivity contribution in [2.45, 2.75) is 44.8 Å². The Hall–Kier alpha value is -0.900. The van der Waals surface area contributed by atoms with Crippen LogP contribution in [-0.4, -0.2) is 49.8 Å². The monoisotopic (exact) mass is 288 g/mol. The van der Waals surface area contributed by atoms with Gasteiger partial charge in [-0.25, -0.2) is 0 Å². The van der Waals surface area contributed by atoms with Gasteiger partial charge in [-0.2, -0.15) is 0 Å². The summed E-state index contributed by atoms with van der Waals surface area (Å²) in [6.45, 7) is 7.44. The third-order valence-corrected chi connectivity index (χ3v) is 4.49. The molecule has 1 heterocycles. The van der Waals surface area contributed by atoms with Crippen LogP contribution in [0.15, 0.2) is 24.3 Å². The molecule has 3 heteroatoms. The molecule has 1 aromatic carbocycles. The summed E-state index contributed by atoms with van der Waals surface area (Å²) in [6.07, 6.45) is 5.52. The Bertz CT molecular complexity index is 427. The summed E-state index contributed by atoms with van der Waals surface area (Å²) < 4.78 is 5.86. The molecule has 1 aliphatic heterocycles. The minimum absolute atomic E-state index is 0.388. The second kappa shape index (κ2) is 7.39. The van der Waals surface area contributed by atoms with Crippen LogP contribution < -0.4 is 5.32 Å². The summed E-state index contributed by atoms with van der Waals surface area (Å²) in [5.41, 5.74) is 2.80. The molecule has 1 aliphatic carbocycles. The number of rotatable bonds is 7. The van der Waals surface area contributed by atoms with Gasteiger partial charge in [-0.05, 0) is 44.7 Å². The predicted octanol–water partition coefficient (Wildman–Crippen LogP) is 2.38. The average Bonchev–Trinajstić information content (AvgIpc) is 3.32. The Morgan fingerprint density at radius 2 is 2.05 bits per heavy atom. The van der Waals surface area contributed by atoms with Gasteiger partial charge >= 0.3 is 0 Å². The van der Waals surface area contributed by atoms with Gasteiger partial charge in [0.05, 0.1) is 12.7 Å². The molecule has 116 valence electrons. The molecule has 2 aliphatic rings. The molecule has 1 saturated heterocycles. The topological polar surface area (TPSA) is 24.5 Å². The van der Waals surface area contributed by atoms with E-state index in [1.54, 1.807) is 0 Å². The van der Waals surface area contributed by atoms with Crippen molar-refractivity contribution in [3.8, 4) is 0 Å². The van der Waals surface area contributed by atoms with Crippen molar-refractivity contribution in [3.05, 3.63) is 35.4 Å². The van der Waals surface area contributed by atoms with E-state index in [1.807, 2.05) is 0 Å². The van der Waals surface area contributed by atoms with Crippen LogP contribution >= 0.6 is 0 Å². The first-order valence-electron chi connectivity index (χ1n) is 8.42. The van der Waals surface area contributed by atoms with Crippen LogP contribution in [0.1, 0.15) is 30.4 Å². The smallest absolute Gasteiger partial charge is 0.0826 e. The molecule has 1 atom stereocenters. The van der Waals surface area contributed by atoms with Crippen LogP contribution in [-0.2, 0) is 11.2 Å². The summed E-state index contributed by atoms with van der Waals surface area (Å²) in [4.78, 5) is 2.57. The molecule has 21 heavy (non-hydrogen) atoms. The molecule has 3 nitrogen and oxygen atoms in total. The number of morpholine rings is 1. The first-order chi connectivity index (χ1) is 10.3. The van der Waals surface area contributed by atoms with Crippen LogP contribution in [0.2, 0.25) is 0 Å². The summed E-state index contributed by atoms with van der Waals surface area (Å²) >= 11 is 0. The maximum absolute atomic E-state index is 5.86. The Morgan fingerprint density at radius 3 is 2.81 bits per heavy atom. The molecule has 0 aromatic heterocycles. The number of hydrogen-bond acceptors (Lipinski definition) is 3. The summed E-state index contributed by atoms with van der Waals surface area (Å²) in [5.74, 6) is 0. The molecule has 3 rings (SSSR count). The van der Waals surface area contributed by atoms with Gasteiger partial charge in [0.2, 0.25) is 0 Å². The summed E-state index contributed by atoms with van der Waals surface area (Å²) in [6, 6.07) is 9.73. The molecule has 1 N–H and O–H groups in total. The van der Waals surface area contributed by atoms with Crippen LogP contribution in [0, 0.1) is 6.92 Å². The van der Waals surface area contributed by atoms with Crippen molar-refractivity contribution in [1.29, 1.82) is 0 Å². The molecule has 0 spiro atoms. The number of ether oxygens (including phenoxy) is 1. The molecule has 0 radical (unpaired) electrons. The highest BCUT2D eigenvalue weighted by atomic mass is 16.5. The third-order valence-electron chi connectivity index (χ3n) is 4.49. The number of nitrogens with one attached hydrogen (secondary N) is 1. The van der Waals surface area contributed by atoms with Gasteiger partial charge in [0, 0.05) is 25.7 Å². The predicted molar refractivity (Wildman–Crippen MR) is 86.7 cm³/mol. The van der Waals surface area contributed by atoms with Crippen molar-refractivity contribution in [2.75, 3.05) is 32.8 Å². The maximum Gasteiger partial charge on any atom is 0.0826 e. The Labute approximate surface area is 128 Å². The van der Waals surface area contributed by atoms with E-state index in [0.29, 0.717) is 6.10 Å². The molecule has 1 saturated carbocycles. The molecular weight excluding hydrogens is 260 g/mol. The van der Waals surface area contributed by atoms with Gasteiger partial charge in [0.25, 0.3) is 0 Å². The Morgan fingerprint density at radius 1 is 1.24 bits per heavy atom. The van der Waals surface area contributed by atoms with E-state index in [4.69, 9.17) is 4.74 Å². The molecule has 2 fully saturated rings. The molecule has 1 unspecified atom stereocenters. The van der Waals surface area contributed by atoms with Crippen molar-refractivity contribution >= 4 is 0 Å². The van der Waals surface area contributed by atoms with E-state index in [0.717, 1.165) is 32.3 Å². The van der Waals surface area contributed by atoms with Gasteiger partial charge in [-0.1, -0.05) is 29.8 Å². The zero-order chi connectivity index (χ0) is 14.5. The highest BCUT2D eigenvalue weighted by Gasteiger charge is 2.24. The van der Waals surface area contributed by atoms with Gasteiger partial charge < -0.3 is 10.1 Å². The van der Waals surface area contributed by atoms with E-state index >= 15 is 0 Å². The standard InChI is InChI=1S/C18H28N2O/c1-15-4-6-16(7-5-15)3-2-10-20-11-12-21-18(14-20)13-19-17-8-9-17/h4-7,17-19H,2-3,8-14H2,1H3. The van der Waals surface area contributed by atoms with Gasteiger partial charge in [0.15, 0.2) is 0 Å². The third kappa shape index (κ3) is 5.10. The fraction of sp³-hybridized carbons (Fsp3) is 0.667. The normalized spacial score (nSPS) is 23.4. The zero-order valence-corrected chi connectivity index (χ0v) is 13.2. The lowest BCUT2D eigenvalue weighted by atomic mass is 10.1. The first-order valence-corrected chi connectivity index (χ1v) is 8.42. The lowest BCUT2D eigenvalue weighted by Crippen LogP contribution is -2.47. The van der Waals surface area contributed by atoms with Gasteiger partial charge in [-0.15, -0.1) is 0 Å². The van der Waals surface area contributed by atoms with E-state index < -0.39 is 0 Å². The highest BCUT2D eigenvalue weighted by molar-refractivity contribution is 5.21. The molecular formula is C18H28N2O. The molecule has 1 aromatic rings. The van der Waals surface area contributed by atoms with E-state index in [9.17, 15) is 0 Å². The SMILES string of the molecule is Cc1ccc(CCCN2CCOC(CNC3CC3)C2)cc1. The largest absolute Gasteiger partial charge is 0.374 e. The second-order valence-electron chi connectivity index (χ2n) is 6.57. The van der Waals surface area contributed by atoms with Crippen LogP contribution in [0.3, 0.4) is 0 Å². The minimum atomic E-state index is 0.388. The first kappa shape index (κ1) is 15.0. The van der Waals surface area contributed by atoms with Crippen LogP contribution in [0.25, 0.3) is 0 Å². The Balaban J connectivity index is 1.35. The lowest BCUT2D eigenvalue weighted by Gasteiger charge is -2.33.